The average molecular weight is 263 g/mol. The molecule has 0 unspecified atom stereocenters. The summed E-state index contributed by atoms with van der Waals surface area (Å²) in [5.74, 6) is -0.323. The quantitative estimate of drug-likeness (QED) is 0.764. The Hall–Kier alpha value is -3.20. The lowest BCUT2D eigenvalue weighted by Crippen LogP contribution is -2.12. The highest BCUT2D eigenvalue weighted by Gasteiger charge is 2.14. The van der Waals surface area contributed by atoms with E-state index in [1.165, 1.54) is 6.20 Å². The van der Waals surface area contributed by atoms with Gasteiger partial charge in [0.05, 0.1) is 34.7 Å². The summed E-state index contributed by atoms with van der Waals surface area (Å²) in [7, 11) is 0. The molecule has 6 heteroatoms. The van der Waals surface area contributed by atoms with Crippen LogP contribution in [0.4, 0.5) is 5.69 Å². The molecule has 0 bridgehead atoms. The molecule has 0 atom stereocenters. The largest absolute Gasteiger partial charge is 0.321 e. The SMILES string of the molecule is N#Cc1ccccc1NC(=O)c1cnn2ccncc12. The zero-order valence-electron chi connectivity index (χ0n) is 10.3. The Balaban J connectivity index is 1.96. The number of fused-ring (bicyclic) bond motifs is 1. The lowest BCUT2D eigenvalue weighted by Gasteiger charge is -2.05. The van der Waals surface area contributed by atoms with Gasteiger partial charge in [-0.15, -0.1) is 0 Å². The van der Waals surface area contributed by atoms with Crippen molar-refractivity contribution in [2.45, 2.75) is 0 Å². The van der Waals surface area contributed by atoms with Gasteiger partial charge >= 0.3 is 0 Å². The van der Waals surface area contributed by atoms with Crippen molar-refractivity contribution in [3.05, 3.63) is 60.2 Å². The van der Waals surface area contributed by atoms with Crippen molar-refractivity contribution in [1.82, 2.24) is 14.6 Å². The number of hydrogen-bond donors (Lipinski definition) is 1. The van der Waals surface area contributed by atoms with Gasteiger partial charge in [-0.3, -0.25) is 9.78 Å². The van der Waals surface area contributed by atoms with Crippen molar-refractivity contribution in [3.8, 4) is 6.07 Å². The Kier molecular flexibility index (Phi) is 2.86. The molecule has 0 aliphatic heterocycles. The number of carbonyl (C=O) groups is 1. The molecule has 0 aliphatic rings. The van der Waals surface area contributed by atoms with Crippen LogP contribution >= 0.6 is 0 Å². The van der Waals surface area contributed by atoms with Gasteiger partial charge in [0.1, 0.15) is 6.07 Å². The molecule has 1 amide bonds. The number of nitrogens with zero attached hydrogens (tertiary/aromatic N) is 4. The number of carbonyl (C=O) groups excluding carboxylic acids is 1. The molecule has 2 aromatic heterocycles. The molecule has 0 spiro atoms. The van der Waals surface area contributed by atoms with Gasteiger partial charge in [0.25, 0.3) is 5.91 Å². The minimum absolute atomic E-state index is 0.323. The maximum atomic E-state index is 12.3. The van der Waals surface area contributed by atoms with E-state index in [1.807, 2.05) is 6.07 Å². The Morgan fingerprint density at radius 3 is 3.00 bits per heavy atom. The minimum Gasteiger partial charge on any atom is -0.321 e. The van der Waals surface area contributed by atoms with Gasteiger partial charge in [0.15, 0.2) is 0 Å². The van der Waals surface area contributed by atoms with Crippen LogP contribution in [-0.4, -0.2) is 20.5 Å². The van der Waals surface area contributed by atoms with Crippen molar-refractivity contribution in [3.63, 3.8) is 0 Å². The van der Waals surface area contributed by atoms with E-state index >= 15 is 0 Å². The number of nitrogens with one attached hydrogen (secondary N) is 1. The first kappa shape index (κ1) is 11.9. The maximum absolute atomic E-state index is 12.3. The number of hydrogen-bond acceptors (Lipinski definition) is 4. The summed E-state index contributed by atoms with van der Waals surface area (Å²) >= 11 is 0. The Labute approximate surface area is 114 Å². The summed E-state index contributed by atoms with van der Waals surface area (Å²) in [6.07, 6.45) is 6.29. The van der Waals surface area contributed by atoms with Crippen LogP contribution in [0, 0.1) is 11.3 Å². The van der Waals surface area contributed by atoms with Crippen LogP contribution in [0.2, 0.25) is 0 Å². The highest BCUT2D eigenvalue weighted by atomic mass is 16.1. The van der Waals surface area contributed by atoms with Crippen LogP contribution in [0.1, 0.15) is 15.9 Å². The molecule has 1 N–H and O–H groups in total. The van der Waals surface area contributed by atoms with Crippen molar-refractivity contribution in [2.75, 3.05) is 5.32 Å². The molecule has 0 fully saturated rings. The predicted molar refractivity (Wildman–Crippen MR) is 72.1 cm³/mol. The second-order valence-corrected chi connectivity index (χ2v) is 4.08. The third kappa shape index (κ3) is 1.97. The number of anilines is 1. The van der Waals surface area contributed by atoms with E-state index < -0.39 is 0 Å². The highest BCUT2D eigenvalue weighted by molar-refractivity contribution is 6.09. The van der Waals surface area contributed by atoms with Crippen molar-refractivity contribution < 1.29 is 4.79 Å². The molecule has 3 rings (SSSR count). The van der Waals surface area contributed by atoms with E-state index in [0.717, 1.165) is 0 Å². The lowest BCUT2D eigenvalue weighted by atomic mass is 10.2. The molecule has 6 nitrogen and oxygen atoms in total. The molecule has 0 saturated heterocycles. The van der Waals surface area contributed by atoms with Crippen LogP contribution in [0.3, 0.4) is 0 Å². The number of amides is 1. The Morgan fingerprint density at radius 1 is 1.30 bits per heavy atom. The molecule has 0 radical (unpaired) electrons. The maximum Gasteiger partial charge on any atom is 0.259 e. The van der Waals surface area contributed by atoms with Gasteiger partial charge in [0, 0.05) is 12.4 Å². The first-order valence-corrected chi connectivity index (χ1v) is 5.87. The number of nitriles is 1. The summed E-state index contributed by atoms with van der Waals surface area (Å²) in [5, 5.41) is 15.8. The molecule has 0 aliphatic carbocycles. The minimum atomic E-state index is -0.323. The fourth-order valence-electron chi connectivity index (χ4n) is 1.89. The van der Waals surface area contributed by atoms with Gasteiger partial charge in [-0.1, -0.05) is 12.1 Å². The second-order valence-electron chi connectivity index (χ2n) is 4.08. The van der Waals surface area contributed by atoms with Crippen LogP contribution in [0.5, 0.6) is 0 Å². The van der Waals surface area contributed by atoms with E-state index in [-0.39, 0.29) is 5.91 Å². The lowest BCUT2D eigenvalue weighted by molar-refractivity contribution is 0.102. The first-order chi connectivity index (χ1) is 9.79. The van der Waals surface area contributed by atoms with Crippen LogP contribution in [0.25, 0.3) is 5.52 Å². The van der Waals surface area contributed by atoms with Crippen LogP contribution < -0.4 is 5.32 Å². The van der Waals surface area contributed by atoms with Crippen LogP contribution in [0.15, 0.2) is 49.1 Å². The second kappa shape index (κ2) is 4.82. The van der Waals surface area contributed by atoms with Gasteiger partial charge in [-0.25, -0.2) is 4.52 Å². The van der Waals surface area contributed by atoms with E-state index in [2.05, 4.69) is 15.4 Å². The van der Waals surface area contributed by atoms with E-state index in [4.69, 9.17) is 5.26 Å². The molecule has 0 saturated carbocycles. The normalized spacial score (nSPS) is 10.2. The smallest absolute Gasteiger partial charge is 0.259 e. The van der Waals surface area contributed by atoms with Crippen LogP contribution in [-0.2, 0) is 0 Å². The summed E-state index contributed by atoms with van der Waals surface area (Å²) in [4.78, 5) is 16.2. The van der Waals surface area contributed by atoms with Gasteiger partial charge in [0.2, 0.25) is 0 Å². The van der Waals surface area contributed by atoms with E-state index in [9.17, 15) is 4.79 Å². The number of rotatable bonds is 2. The zero-order valence-corrected chi connectivity index (χ0v) is 10.3. The molecule has 20 heavy (non-hydrogen) atoms. The first-order valence-electron chi connectivity index (χ1n) is 5.87. The van der Waals surface area contributed by atoms with Crippen molar-refractivity contribution in [1.29, 1.82) is 5.26 Å². The van der Waals surface area contributed by atoms with Crippen molar-refractivity contribution in [2.24, 2.45) is 0 Å². The van der Waals surface area contributed by atoms with E-state index in [1.54, 1.807) is 47.4 Å². The topological polar surface area (TPSA) is 83.1 Å². The predicted octanol–water partition coefficient (Wildman–Crippen LogP) is 1.85. The molecular weight excluding hydrogens is 254 g/mol. The third-order valence-corrected chi connectivity index (χ3v) is 2.87. The summed E-state index contributed by atoms with van der Waals surface area (Å²) < 4.78 is 1.57. The summed E-state index contributed by atoms with van der Waals surface area (Å²) in [5.41, 5.74) is 1.91. The molecular formula is C14H9N5O. The number of para-hydroxylation sites is 1. The van der Waals surface area contributed by atoms with E-state index in [0.29, 0.717) is 22.3 Å². The molecule has 96 valence electrons. The third-order valence-electron chi connectivity index (χ3n) is 2.87. The molecule has 1 aromatic carbocycles. The Bertz CT molecular complexity index is 831. The van der Waals surface area contributed by atoms with Gasteiger partial charge < -0.3 is 5.32 Å². The molecule has 2 heterocycles. The van der Waals surface area contributed by atoms with Crippen molar-refractivity contribution >= 4 is 17.1 Å². The zero-order chi connectivity index (χ0) is 13.9. The fraction of sp³-hybridized carbons (Fsp3) is 0. The van der Waals surface area contributed by atoms with Gasteiger partial charge in [-0.05, 0) is 12.1 Å². The average Bonchev–Trinajstić information content (AvgIpc) is 2.92. The number of aromatic nitrogens is 3. The fourth-order valence-corrected chi connectivity index (χ4v) is 1.89. The van der Waals surface area contributed by atoms with Gasteiger partial charge in [-0.2, -0.15) is 10.4 Å². The summed E-state index contributed by atoms with van der Waals surface area (Å²) in [6.45, 7) is 0. The Morgan fingerprint density at radius 2 is 2.15 bits per heavy atom. The molecule has 3 aromatic rings. The highest BCUT2D eigenvalue weighted by Crippen LogP contribution is 2.16. The standard InChI is InChI=1S/C14H9N5O/c15-7-10-3-1-2-4-12(10)18-14(20)11-8-17-19-6-5-16-9-13(11)19/h1-6,8-9H,(H,18,20). The summed E-state index contributed by atoms with van der Waals surface area (Å²) in [6, 6.07) is 8.86. The monoisotopic (exact) mass is 263 g/mol. The number of benzene rings is 1.